The quantitative estimate of drug-likeness (QED) is 0.423. The summed E-state index contributed by atoms with van der Waals surface area (Å²) in [5.41, 5.74) is 0.271. The van der Waals surface area contributed by atoms with Crippen LogP contribution in [0, 0.1) is 11.6 Å². The maximum Gasteiger partial charge on any atom is 0.215 e. The predicted octanol–water partition coefficient (Wildman–Crippen LogP) is 4.07. The van der Waals surface area contributed by atoms with E-state index in [2.05, 4.69) is 25.1 Å². The summed E-state index contributed by atoms with van der Waals surface area (Å²) in [4.78, 5) is 12.5. The van der Waals surface area contributed by atoms with Crippen molar-refractivity contribution in [3.63, 3.8) is 0 Å². The second kappa shape index (κ2) is 6.81. The highest BCUT2D eigenvalue weighted by atomic mass is 35.5. The van der Waals surface area contributed by atoms with Crippen LogP contribution in [0.5, 0.6) is 0 Å². The lowest BCUT2D eigenvalue weighted by molar-refractivity contribution is 0.584. The van der Waals surface area contributed by atoms with Crippen LogP contribution >= 0.6 is 35.1 Å². The third-order valence-electron chi connectivity index (χ3n) is 2.63. The predicted molar refractivity (Wildman–Crippen MR) is 84.7 cm³/mol. The molecule has 0 amide bonds. The third kappa shape index (κ3) is 3.98. The van der Waals surface area contributed by atoms with Crippen LogP contribution in [0.3, 0.4) is 0 Å². The van der Waals surface area contributed by atoms with Crippen LogP contribution < -0.4 is 0 Å². The van der Waals surface area contributed by atoms with E-state index in [1.54, 1.807) is 6.07 Å². The number of nitrogens with zero attached hydrogens (tertiary/aromatic N) is 4. The van der Waals surface area contributed by atoms with E-state index in [1.807, 2.05) is 6.26 Å². The van der Waals surface area contributed by atoms with Crippen LogP contribution in [-0.4, -0.2) is 31.4 Å². The van der Waals surface area contributed by atoms with Gasteiger partial charge in [-0.1, -0.05) is 23.4 Å². The van der Waals surface area contributed by atoms with Crippen molar-refractivity contribution in [1.29, 1.82) is 0 Å². The van der Waals surface area contributed by atoms with Gasteiger partial charge in [0, 0.05) is 17.7 Å². The minimum Gasteiger partial charge on any atom is -0.258 e. The van der Waals surface area contributed by atoms with Crippen molar-refractivity contribution in [2.75, 3.05) is 6.26 Å². The van der Waals surface area contributed by atoms with Gasteiger partial charge in [-0.2, -0.15) is 0 Å². The van der Waals surface area contributed by atoms with Gasteiger partial charge in [0.1, 0.15) is 21.8 Å². The van der Waals surface area contributed by atoms with E-state index in [0.29, 0.717) is 20.5 Å². The summed E-state index contributed by atoms with van der Waals surface area (Å²) < 4.78 is 26.5. The van der Waals surface area contributed by atoms with Gasteiger partial charge in [-0.05, 0) is 30.2 Å². The Morgan fingerprint density at radius 1 is 1.00 bits per heavy atom. The van der Waals surface area contributed by atoms with Crippen LogP contribution in [0.1, 0.15) is 0 Å². The molecule has 0 aliphatic carbocycles. The monoisotopic (exact) mass is 371 g/mol. The summed E-state index contributed by atoms with van der Waals surface area (Å²) in [6, 6.07) is 4.73. The molecule has 1 aromatic carbocycles. The molecule has 0 radical (unpaired) electrons. The molecule has 0 aliphatic rings. The van der Waals surface area contributed by atoms with Crippen molar-refractivity contribution in [2.45, 2.75) is 15.3 Å². The summed E-state index contributed by atoms with van der Waals surface area (Å²) in [5.74, 6) is -1.10. The van der Waals surface area contributed by atoms with Gasteiger partial charge < -0.3 is 0 Å². The van der Waals surface area contributed by atoms with Gasteiger partial charge in [-0.15, -0.1) is 5.10 Å². The molecular weight excluding hydrogens is 364 g/mol. The average Bonchev–Trinajstić information content (AvgIpc) is 2.94. The van der Waals surface area contributed by atoms with Crippen molar-refractivity contribution in [2.24, 2.45) is 0 Å². The zero-order valence-electron chi connectivity index (χ0n) is 11.5. The molecule has 0 bridgehead atoms. The number of thioether (sulfide) groups is 1. The Kier molecular flexibility index (Phi) is 4.79. The van der Waals surface area contributed by atoms with E-state index in [0.717, 1.165) is 6.07 Å². The van der Waals surface area contributed by atoms with Crippen LogP contribution in [0.15, 0.2) is 39.6 Å². The molecule has 0 saturated heterocycles. The zero-order valence-corrected chi connectivity index (χ0v) is 13.9. The fraction of sp³-hybridized carbons (Fsp3) is 0.0769. The molecular formula is C13H8ClF2N5S2. The number of hydrogen-bond donors (Lipinski definition) is 1. The van der Waals surface area contributed by atoms with Gasteiger partial charge in [-0.3, -0.25) is 5.10 Å². The van der Waals surface area contributed by atoms with E-state index >= 15 is 0 Å². The molecule has 23 heavy (non-hydrogen) atoms. The fourth-order valence-electron chi connectivity index (χ4n) is 1.73. The van der Waals surface area contributed by atoms with Gasteiger partial charge >= 0.3 is 0 Å². The maximum atomic E-state index is 13.3. The largest absolute Gasteiger partial charge is 0.258 e. The summed E-state index contributed by atoms with van der Waals surface area (Å²) in [6.45, 7) is 0. The number of aromatic amines is 1. The first-order valence-corrected chi connectivity index (χ1v) is 8.61. The molecule has 0 fully saturated rings. The van der Waals surface area contributed by atoms with E-state index in [9.17, 15) is 8.78 Å². The van der Waals surface area contributed by atoms with Gasteiger partial charge in [0.05, 0.1) is 0 Å². The van der Waals surface area contributed by atoms with Crippen molar-refractivity contribution >= 4 is 35.1 Å². The minimum atomic E-state index is -0.683. The molecule has 118 valence electrons. The normalized spacial score (nSPS) is 11.0. The number of H-pyrrole nitrogens is 1. The Balaban J connectivity index is 1.86. The van der Waals surface area contributed by atoms with E-state index in [1.165, 1.54) is 35.7 Å². The van der Waals surface area contributed by atoms with E-state index < -0.39 is 11.6 Å². The number of aromatic nitrogens is 5. The Hall–Kier alpha value is -1.71. The van der Waals surface area contributed by atoms with Gasteiger partial charge in [-0.25, -0.2) is 23.7 Å². The van der Waals surface area contributed by atoms with Crippen LogP contribution in [0.2, 0.25) is 5.15 Å². The molecule has 2 aromatic heterocycles. The highest BCUT2D eigenvalue weighted by molar-refractivity contribution is 7.99. The smallest absolute Gasteiger partial charge is 0.215 e. The maximum absolute atomic E-state index is 13.3. The number of rotatable bonds is 4. The van der Waals surface area contributed by atoms with E-state index in [-0.39, 0.29) is 11.4 Å². The zero-order chi connectivity index (χ0) is 16.4. The molecule has 3 rings (SSSR count). The van der Waals surface area contributed by atoms with Crippen molar-refractivity contribution in [3.8, 4) is 11.4 Å². The summed E-state index contributed by atoms with van der Waals surface area (Å²) in [5, 5.41) is 8.42. The highest BCUT2D eigenvalue weighted by Crippen LogP contribution is 2.28. The lowest BCUT2D eigenvalue weighted by atomic mass is 10.2. The first-order chi connectivity index (χ1) is 11.0. The fourth-order valence-corrected chi connectivity index (χ4v) is 3.18. The molecule has 10 heteroatoms. The number of benzene rings is 1. The summed E-state index contributed by atoms with van der Waals surface area (Å²) in [6.07, 6.45) is 1.84. The molecule has 5 nitrogen and oxygen atoms in total. The topological polar surface area (TPSA) is 67.3 Å². The van der Waals surface area contributed by atoms with E-state index in [4.69, 9.17) is 11.6 Å². The Morgan fingerprint density at radius 2 is 1.74 bits per heavy atom. The molecule has 1 N–H and O–H groups in total. The summed E-state index contributed by atoms with van der Waals surface area (Å²) in [7, 11) is 0. The van der Waals surface area contributed by atoms with Crippen molar-refractivity contribution in [3.05, 3.63) is 41.1 Å². The molecule has 0 unspecified atom stereocenters. The Labute approximate surface area is 143 Å². The second-order valence-electron chi connectivity index (χ2n) is 4.24. The number of hydrogen-bond acceptors (Lipinski definition) is 6. The number of nitrogens with one attached hydrogen (secondary N) is 1. The average molecular weight is 372 g/mol. The van der Waals surface area contributed by atoms with Crippen molar-refractivity contribution in [1.82, 2.24) is 25.1 Å². The Morgan fingerprint density at radius 3 is 2.43 bits per heavy atom. The molecule has 0 aliphatic heterocycles. The van der Waals surface area contributed by atoms with Gasteiger partial charge in [0.2, 0.25) is 5.16 Å². The third-order valence-corrected chi connectivity index (χ3v) is 4.15. The number of halogens is 3. The summed E-state index contributed by atoms with van der Waals surface area (Å²) >= 11 is 8.45. The molecule has 2 heterocycles. The highest BCUT2D eigenvalue weighted by Gasteiger charge is 2.11. The Bertz CT molecular complexity index is 838. The minimum absolute atomic E-state index is 0.260. The van der Waals surface area contributed by atoms with Gasteiger partial charge in [0.15, 0.2) is 11.0 Å². The first kappa shape index (κ1) is 16.2. The first-order valence-electron chi connectivity index (χ1n) is 6.19. The van der Waals surface area contributed by atoms with Crippen LogP contribution in [-0.2, 0) is 0 Å². The SMILES string of the molecule is CSc1nc(Cl)cc(Sc2n[nH]c(-c3cc(F)cc(F)c3)n2)n1. The lowest BCUT2D eigenvalue weighted by Gasteiger charge is -2.00. The molecule has 0 atom stereocenters. The standard InChI is InChI=1S/C13H8ClF2N5S2/c1-22-12-17-9(14)5-10(18-12)23-13-19-11(20-21-13)6-2-7(15)4-8(16)3-6/h2-5H,1H3,(H,19,20,21). The van der Waals surface area contributed by atoms with Gasteiger partial charge in [0.25, 0.3) is 0 Å². The lowest BCUT2D eigenvalue weighted by Crippen LogP contribution is -1.89. The second-order valence-corrected chi connectivity index (χ2v) is 6.39. The molecule has 0 saturated carbocycles. The van der Waals surface area contributed by atoms with Crippen LogP contribution in [0.25, 0.3) is 11.4 Å². The van der Waals surface area contributed by atoms with Crippen molar-refractivity contribution < 1.29 is 8.78 Å². The molecule has 0 spiro atoms. The molecule has 3 aromatic rings. The van der Waals surface area contributed by atoms with Crippen LogP contribution in [0.4, 0.5) is 8.78 Å².